The maximum absolute atomic E-state index is 12.3. The van der Waals surface area contributed by atoms with E-state index in [0.717, 1.165) is 17.3 Å². The van der Waals surface area contributed by atoms with Gasteiger partial charge in [0.05, 0.1) is 10.9 Å². The Kier molecular flexibility index (Phi) is 5.21. The molecule has 0 fully saturated rings. The van der Waals surface area contributed by atoms with Gasteiger partial charge in [0.25, 0.3) is 0 Å². The Morgan fingerprint density at radius 3 is 2.45 bits per heavy atom. The Morgan fingerprint density at radius 2 is 1.80 bits per heavy atom. The van der Waals surface area contributed by atoms with Crippen LogP contribution in [0.4, 0.5) is 0 Å². The molecule has 0 saturated carbocycles. The molecule has 0 radical (unpaired) electrons. The second kappa shape index (κ2) is 7.12. The van der Waals surface area contributed by atoms with Crippen molar-refractivity contribution in [2.45, 2.75) is 17.4 Å². The number of para-hydroxylation sites is 1. The molecule has 0 amide bonds. The van der Waals surface area contributed by atoms with Crippen LogP contribution in [0.3, 0.4) is 0 Å². The first-order valence-electron chi connectivity index (χ1n) is 6.41. The maximum Gasteiger partial charge on any atom is 0.211 e. The van der Waals surface area contributed by atoms with E-state index in [-0.39, 0.29) is 16.9 Å². The van der Waals surface area contributed by atoms with E-state index < -0.39 is 0 Å². The molecule has 2 N–H and O–H groups in total. The highest BCUT2D eigenvalue weighted by molar-refractivity contribution is 8.13. The number of hydrogen-bond acceptors (Lipinski definition) is 4. The summed E-state index contributed by atoms with van der Waals surface area (Å²) in [5.74, 6) is 0.139. The number of carbonyl (C=O) groups excluding carboxylic acids is 1. The smallest absolute Gasteiger partial charge is 0.211 e. The summed E-state index contributed by atoms with van der Waals surface area (Å²) < 4.78 is 0. The average Bonchev–Trinajstić information content (AvgIpc) is 2.48. The number of thioether (sulfide) groups is 1. The van der Waals surface area contributed by atoms with Crippen LogP contribution in [-0.2, 0) is 11.2 Å². The number of likely N-dealkylation sites (N-methyl/N-ethyl adjacent to an activating group) is 1. The van der Waals surface area contributed by atoms with Crippen LogP contribution in [0.2, 0.25) is 0 Å². The fourth-order valence-electron chi connectivity index (χ4n) is 1.88. The van der Waals surface area contributed by atoms with Crippen LogP contribution in [0.25, 0.3) is 0 Å². The Hall–Kier alpha value is -1.78. The Labute approximate surface area is 123 Å². The fourth-order valence-corrected chi connectivity index (χ4v) is 2.76. The standard InChI is InChI=1S/C16H17NO2S/c1-17-13(11-12-7-3-2-4-8-12)16(19)20-15-10-6-5-9-14(15)18/h2-10,13,17-18H,11H2,1H3/t13-/m0/s1. The van der Waals surface area contributed by atoms with Gasteiger partial charge in [0, 0.05) is 0 Å². The summed E-state index contributed by atoms with van der Waals surface area (Å²) in [7, 11) is 1.77. The molecule has 3 nitrogen and oxygen atoms in total. The lowest BCUT2D eigenvalue weighted by Crippen LogP contribution is -2.34. The van der Waals surface area contributed by atoms with Crippen molar-refractivity contribution in [2.24, 2.45) is 0 Å². The van der Waals surface area contributed by atoms with E-state index in [1.54, 1.807) is 31.3 Å². The Bertz CT molecular complexity index is 572. The van der Waals surface area contributed by atoms with Crippen molar-refractivity contribution in [3.8, 4) is 5.75 Å². The van der Waals surface area contributed by atoms with E-state index in [9.17, 15) is 9.90 Å². The van der Waals surface area contributed by atoms with Crippen LogP contribution in [0.15, 0.2) is 59.5 Å². The van der Waals surface area contributed by atoms with Gasteiger partial charge in [-0.25, -0.2) is 0 Å². The van der Waals surface area contributed by atoms with Gasteiger partial charge in [-0.05, 0) is 42.9 Å². The highest BCUT2D eigenvalue weighted by atomic mass is 32.2. The summed E-state index contributed by atoms with van der Waals surface area (Å²) in [5.41, 5.74) is 1.11. The first-order valence-corrected chi connectivity index (χ1v) is 7.23. The van der Waals surface area contributed by atoms with Gasteiger partial charge in [0.15, 0.2) is 0 Å². The van der Waals surface area contributed by atoms with Crippen LogP contribution in [0.5, 0.6) is 5.75 Å². The van der Waals surface area contributed by atoms with E-state index in [0.29, 0.717) is 11.3 Å². The molecular formula is C16H17NO2S. The number of carbonyl (C=O) groups is 1. The van der Waals surface area contributed by atoms with E-state index >= 15 is 0 Å². The van der Waals surface area contributed by atoms with Crippen LogP contribution in [-0.4, -0.2) is 23.3 Å². The molecule has 20 heavy (non-hydrogen) atoms. The fraction of sp³-hybridized carbons (Fsp3) is 0.188. The van der Waals surface area contributed by atoms with E-state index in [4.69, 9.17) is 0 Å². The third kappa shape index (κ3) is 3.85. The average molecular weight is 287 g/mol. The quantitative estimate of drug-likeness (QED) is 0.830. The molecule has 0 unspecified atom stereocenters. The highest BCUT2D eigenvalue weighted by Crippen LogP contribution is 2.29. The number of benzene rings is 2. The highest BCUT2D eigenvalue weighted by Gasteiger charge is 2.19. The topological polar surface area (TPSA) is 49.3 Å². The summed E-state index contributed by atoms with van der Waals surface area (Å²) in [4.78, 5) is 12.9. The SMILES string of the molecule is CN[C@@H](Cc1ccccc1)C(=O)Sc1ccccc1O. The van der Waals surface area contributed by atoms with Gasteiger partial charge in [0.2, 0.25) is 5.12 Å². The van der Waals surface area contributed by atoms with Crippen molar-refractivity contribution in [3.63, 3.8) is 0 Å². The molecule has 2 rings (SSSR count). The van der Waals surface area contributed by atoms with Crippen molar-refractivity contribution in [1.29, 1.82) is 0 Å². The molecule has 0 aliphatic heterocycles. The molecule has 0 aliphatic rings. The van der Waals surface area contributed by atoms with Crippen molar-refractivity contribution < 1.29 is 9.90 Å². The van der Waals surface area contributed by atoms with Gasteiger partial charge < -0.3 is 10.4 Å². The number of hydrogen-bond donors (Lipinski definition) is 2. The molecule has 0 spiro atoms. The number of phenols is 1. The number of nitrogens with one attached hydrogen (secondary N) is 1. The number of phenolic OH excluding ortho intramolecular Hbond substituents is 1. The minimum absolute atomic E-state index is 0.00199. The summed E-state index contributed by atoms with van der Waals surface area (Å²) in [6, 6.07) is 16.5. The lowest BCUT2D eigenvalue weighted by Gasteiger charge is -2.14. The van der Waals surface area contributed by atoms with Gasteiger partial charge in [-0.3, -0.25) is 4.79 Å². The molecule has 0 bridgehead atoms. The zero-order valence-electron chi connectivity index (χ0n) is 11.2. The number of aromatic hydroxyl groups is 1. The zero-order chi connectivity index (χ0) is 14.4. The van der Waals surface area contributed by atoms with Gasteiger partial charge in [-0.1, -0.05) is 42.5 Å². The Morgan fingerprint density at radius 1 is 1.15 bits per heavy atom. The lowest BCUT2D eigenvalue weighted by atomic mass is 10.1. The van der Waals surface area contributed by atoms with E-state index in [2.05, 4.69) is 5.32 Å². The number of rotatable bonds is 5. The third-order valence-electron chi connectivity index (χ3n) is 2.99. The van der Waals surface area contributed by atoms with Crippen molar-refractivity contribution in [1.82, 2.24) is 5.32 Å². The molecule has 4 heteroatoms. The summed E-state index contributed by atoms with van der Waals surface area (Å²) in [5, 5.41) is 12.7. The molecule has 1 atom stereocenters. The third-order valence-corrected chi connectivity index (χ3v) is 4.04. The molecule has 0 heterocycles. The second-order valence-corrected chi connectivity index (χ2v) is 5.47. The molecule has 0 aliphatic carbocycles. The predicted octanol–water partition coefficient (Wildman–Crippen LogP) is 2.84. The molecule has 104 valence electrons. The van der Waals surface area contributed by atoms with Gasteiger partial charge in [-0.2, -0.15) is 0 Å². The van der Waals surface area contributed by atoms with Gasteiger partial charge in [0.1, 0.15) is 5.75 Å². The van der Waals surface area contributed by atoms with Crippen LogP contribution in [0, 0.1) is 0 Å². The Balaban J connectivity index is 2.04. The largest absolute Gasteiger partial charge is 0.507 e. The van der Waals surface area contributed by atoms with Gasteiger partial charge in [-0.15, -0.1) is 0 Å². The molecule has 2 aromatic rings. The monoisotopic (exact) mass is 287 g/mol. The van der Waals surface area contributed by atoms with Crippen LogP contribution >= 0.6 is 11.8 Å². The summed E-state index contributed by atoms with van der Waals surface area (Å²) in [6.45, 7) is 0. The summed E-state index contributed by atoms with van der Waals surface area (Å²) >= 11 is 1.07. The predicted molar refractivity (Wildman–Crippen MR) is 82.0 cm³/mol. The minimum Gasteiger partial charge on any atom is -0.507 e. The van der Waals surface area contributed by atoms with Crippen LogP contribution in [0.1, 0.15) is 5.56 Å². The second-order valence-electron chi connectivity index (χ2n) is 4.42. The van der Waals surface area contributed by atoms with Crippen molar-refractivity contribution in [2.75, 3.05) is 7.05 Å². The molecule has 0 saturated heterocycles. The first kappa shape index (κ1) is 14.6. The van der Waals surface area contributed by atoms with Crippen molar-refractivity contribution >= 4 is 16.9 Å². The van der Waals surface area contributed by atoms with Crippen molar-refractivity contribution in [3.05, 3.63) is 60.2 Å². The minimum atomic E-state index is -0.276. The first-order chi connectivity index (χ1) is 9.70. The lowest BCUT2D eigenvalue weighted by molar-refractivity contribution is -0.112. The van der Waals surface area contributed by atoms with E-state index in [1.165, 1.54) is 0 Å². The normalized spacial score (nSPS) is 12.1. The summed E-state index contributed by atoms with van der Waals surface area (Å²) in [6.07, 6.45) is 0.636. The molecule has 0 aromatic heterocycles. The van der Waals surface area contributed by atoms with Gasteiger partial charge >= 0.3 is 0 Å². The van der Waals surface area contributed by atoms with Crippen LogP contribution < -0.4 is 5.32 Å². The molecular weight excluding hydrogens is 270 g/mol. The van der Waals surface area contributed by atoms with E-state index in [1.807, 2.05) is 30.3 Å². The zero-order valence-corrected chi connectivity index (χ0v) is 12.1. The molecule has 2 aromatic carbocycles. The maximum atomic E-state index is 12.3.